The van der Waals surface area contributed by atoms with Crippen molar-refractivity contribution < 1.29 is 13.6 Å². The summed E-state index contributed by atoms with van der Waals surface area (Å²) in [6, 6.07) is 0. The smallest absolute Gasteiger partial charge is 0.248 e. The molecule has 5 heteroatoms. The van der Waals surface area contributed by atoms with Crippen LogP contribution in [0, 0.1) is 11.3 Å². The third kappa shape index (κ3) is 3.81. The second-order valence-corrected chi connectivity index (χ2v) is 5.62. The Bertz CT molecular complexity index is 284. The Morgan fingerprint density at radius 1 is 1.44 bits per heavy atom. The molecule has 1 amide bonds. The fraction of sp³-hybridized carbons (Fsp3) is 0.923. The first-order chi connectivity index (χ1) is 8.38. The zero-order valence-electron chi connectivity index (χ0n) is 11.1. The van der Waals surface area contributed by atoms with Gasteiger partial charge in [-0.05, 0) is 19.3 Å². The van der Waals surface area contributed by atoms with Crippen molar-refractivity contribution in [2.24, 2.45) is 11.3 Å². The lowest BCUT2D eigenvalue weighted by Crippen LogP contribution is -2.40. The van der Waals surface area contributed by atoms with Crippen molar-refractivity contribution in [3.63, 3.8) is 0 Å². The molecule has 0 aliphatic heterocycles. The molecule has 0 spiro atoms. The molecule has 1 atom stereocenters. The molecule has 1 N–H and O–H groups in total. The van der Waals surface area contributed by atoms with Crippen molar-refractivity contribution in [1.29, 1.82) is 0 Å². The molecule has 0 bridgehead atoms. The summed E-state index contributed by atoms with van der Waals surface area (Å²) in [6.45, 7) is 4.54. The molecule has 106 valence electrons. The van der Waals surface area contributed by atoms with Gasteiger partial charge in [0.2, 0.25) is 11.8 Å². The molecule has 1 saturated carbocycles. The van der Waals surface area contributed by atoms with Gasteiger partial charge in [0, 0.05) is 36.6 Å². The van der Waals surface area contributed by atoms with E-state index in [-0.39, 0.29) is 30.6 Å². The molecule has 0 heterocycles. The second-order valence-electron chi connectivity index (χ2n) is 5.35. The van der Waals surface area contributed by atoms with E-state index in [9.17, 15) is 13.6 Å². The standard InChI is InChI=1S/C13H22ClF2NO/c1-3-12(4-2,8-14)9-17-11(18)10-5-6-13(15,16)7-10/h10H,3-9H2,1-2H3,(H,17,18). The van der Waals surface area contributed by atoms with Gasteiger partial charge < -0.3 is 5.32 Å². The first-order valence-corrected chi connectivity index (χ1v) is 7.13. The van der Waals surface area contributed by atoms with Crippen LogP contribution in [0.15, 0.2) is 0 Å². The maximum atomic E-state index is 13.0. The normalized spacial score (nSPS) is 23.1. The summed E-state index contributed by atoms with van der Waals surface area (Å²) in [5, 5.41) is 2.80. The van der Waals surface area contributed by atoms with Crippen molar-refractivity contribution >= 4 is 17.5 Å². The summed E-state index contributed by atoms with van der Waals surface area (Å²) >= 11 is 5.94. The summed E-state index contributed by atoms with van der Waals surface area (Å²) in [7, 11) is 0. The minimum absolute atomic E-state index is 0.113. The molecule has 1 aliphatic carbocycles. The predicted octanol–water partition coefficient (Wildman–Crippen LogP) is 3.58. The predicted molar refractivity (Wildman–Crippen MR) is 69.0 cm³/mol. The molecule has 18 heavy (non-hydrogen) atoms. The van der Waals surface area contributed by atoms with Gasteiger partial charge in [0.15, 0.2) is 0 Å². The average molecular weight is 282 g/mol. The Morgan fingerprint density at radius 3 is 2.44 bits per heavy atom. The Hall–Kier alpha value is -0.380. The molecule has 1 fully saturated rings. The number of alkyl halides is 3. The van der Waals surface area contributed by atoms with Crippen LogP contribution in [0.2, 0.25) is 0 Å². The monoisotopic (exact) mass is 281 g/mol. The number of carbonyl (C=O) groups excluding carboxylic acids is 1. The number of halogens is 3. The molecular weight excluding hydrogens is 260 g/mol. The summed E-state index contributed by atoms with van der Waals surface area (Å²) in [6.07, 6.45) is 1.53. The third-order valence-electron chi connectivity index (χ3n) is 4.20. The van der Waals surface area contributed by atoms with Gasteiger partial charge in [0.1, 0.15) is 0 Å². The van der Waals surface area contributed by atoms with E-state index in [1.54, 1.807) is 0 Å². The van der Waals surface area contributed by atoms with Crippen LogP contribution in [-0.4, -0.2) is 24.3 Å². The van der Waals surface area contributed by atoms with Gasteiger partial charge >= 0.3 is 0 Å². The average Bonchev–Trinajstić information content (AvgIpc) is 2.72. The first kappa shape index (κ1) is 15.7. The number of hydrogen-bond acceptors (Lipinski definition) is 1. The van der Waals surface area contributed by atoms with Crippen LogP contribution in [0.4, 0.5) is 8.78 Å². The van der Waals surface area contributed by atoms with E-state index in [1.165, 1.54) is 0 Å². The largest absolute Gasteiger partial charge is 0.355 e. The van der Waals surface area contributed by atoms with Crippen molar-refractivity contribution in [2.45, 2.75) is 51.9 Å². The first-order valence-electron chi connectivity index (χ1n) is 6.59. The minimum Gasteiger partial charge on any atom is -0.355 e. The van der Waals surface area contributed by atoms with Gasteiger partial charge in [0.05, 0.1) is 0 Å². The topological polar surface area (TPSA) is 29.1 Å². The van der Waals surface area contributed by atoms with Crippen molar-refractivity contribution in [3.8, 4) is 0 Å². The highest BCUT2D eigenvalue weighted by Gasteiger charge is 2.42. The van der Waals surface area contributed by atoms with Crippen LogP contribution in [0.25, 0.3) is 0 Å². The fourth-order valence-electron chi connectivity index (χ4n) is 2.33. The van der Waals surface area contributed by atoms with Crippen molar-refractivity contribution in [1.82, 2.24) is 5.32 Å². The van der Waals surface area contributed by atoms with Crippen molar-refractivity contribution in [2.75, 3.05) is 12.4 Å². The van der Waals surface area contributed by atoms with Crippen LogP contribution in [0.3, 0.4) is 0 Å². The molecular formula is C13H22ClF2NO. The van der Waals surface area contributed by atoms with Gasteiger partial charge in [-0.3, -0.25) is 4.79 Å². The van der Waals surface area contributed by atoms with Gasteiger partial charge in [0.25, 0.3) is 0 Å². The summed E-state index contributed by atoms with van der Waals surface area (Å²) < 4.78 is 26.1. The number of amides is 1. The quantitative estimate of drug-likeness (QED) is 0.741. The van der Waals surface area contributed by atoms with E-state index in [0.29, 0.717) is 12.4 Å². The Morgan fingerprint density at radius 2 is 2.06 bits per heavy atom. The molecule has 1 aliphatic rings. The van der Waals surface area contributed by atoms with Crippen LogP contribution < -0.4 is 5.32 Å². The van der Waals surface area contributed by atoms with Gasteiger partial charge in [-0.15, -0.1) is 11.6 Å². The summed E-state index contributed by atoms with van der Waals surface area (Å²) in [4.78, 5) is 11.8. The van der Waals surface area contributed by atoms with E-state index < -0.39 is 11.8 Å². The molecule has 0 radical (unpaired) electrons. The molecule has 0 aromatic rings. The number of nitrogens with one attached hydrogen (secondary N) is 1. The van der Waals surface area contributed by atoms with Crippen LogP contribution >= 0.6 is 11.6 Å². The third-order valence-corrected chi connectivity index (χ3v) is 4.76. The molecule has 1 unspecified atom stereocenters. The fourth-order valence-corrected chi connectivity index (χ4v) is 2.80. The zero-order valence-corrected chi connectivity index (χ0v) is 11.8. The van der Waals surface area contributed by atoms with Crippen LogP contribution in [0.5, 0.6) is 0 Å². The zero-order chi connectivity index (χ0) is 13.8. The lowest BCUT2D eigenvalue weighted by Gasteiger charge is -2.30. The second kappa shape index (κ2) is 6.18. The van der Waals surface area contributed by atoms with Crippen LogP contribution in [0.1, 0.15) is 46.0 Å². The Balaban J connectivity index is 2.46. The Labute approximate surface area is 112 Å². The highest BCUT2D eigenvalue weighted by Crippen LogP contribution is 2.39. The maximum absolute atomic E-state index is 13.0. The minimum atomic E-state index is -2.67. The van der Waals surface area contributed by atoms with E-state index in [0.717, 1.165) is 12.8 Å². The van der Waals surface area contributed by atoms with E-state index in [4.69, 9.17) is 11.6 Å². The lowest BCUT2D eigenvalue weighted by molar-refractivity contribution is -0.126. The molecule has 0 saturated heterocycles. The van der Waals surface area contributed by atoms with Gasteiger partial charge in [-0.25, -0.2) is 8.78 Å². The SMILES string of the molecule is CCC(CC)(CCl)CNC(=O)C1CCC(F)(F)C1. The highest BCUT2D eigenvalue weighted by molar-refractivity contribution is 6.18. The Kier molecular flexibility index (Phi) is 5.38. The summed E-state index contributed by atoms with van der Waals surface area (Å²) in [5.74, 6) is -2.98. The van der Waals surface area contributed by atoms with E-state index in [2.05, 4.69) is 5.32 Å². The number of rotatable bonds is 6. The maximum Gasteiger partial charge on any atom is 0.248 e. The van der Waals surface area contributed by atoms with E-state index >= 15 is 0 Å². The van der Waals surface area contributed by atoms with Gasteiger partial charge in [-0.2, -0.15) is 0 Å². The molecule has 0 aromatic carbocycles. The highest BCUT2D eigenvalue weighted by atomic mass is 35.5. The van der Waals surface area contributed by atoms with Gasteiger partial charge in [-0.1, -0.05) is 13.8 Å². The molecule has 2 nitrogen and oxygen atoms in total. The number of hydrogen-bond donors (Lipinski definition) is 1. The molecule has 0 aromatic heterocycles. The van der Waals surface area contributed by atoms with E-state index in [1.807, 2.05) is 13.8 Å². The summed E-state index contributed by atoms with van der Waals surface area (Å²) in [5.41, 5.74) is -0.113. The molecule has 1 rings (SSSR count). The van der Waals surface area contributed by atoms with Crippen LogP contribution in [-0.2, 0) is 4.79 Å². The van der Waals surface area contributed by atoms with Crippen molar-refractivity contribution in [3.05, 3.63) is 0 Å². The number of carbonyl (C=O) groups is 1. The lowest BCUT2D eigenvalue weighted by atomic mass is 9.84.